The number of nitrogens with two attached hydrogens (primary N) is 1. The topological polar surface area (TPSA) is 55.6 Å². The summed E-state index contributed by atoms with van der Waals surface area (Å²) < 4.78 is 5.42. The molecule has 0 saturated carbocycles. The van der Waals surface area contributed by atoms with Crippen molar-refractivity contribution >= 4 is 11.8 Å². The third-order valence-corrected chi connectivity index (χ3v) is 3.57. The summed E-state index contributed by atoms with van der Waals surface area (Å²) in [5.41, 5.74) is 8.61. The van der Waals surface area contributed by atoms with Crippen molar-refractivity contribution in [3.05, 3.63) is 29.3 Å². The highest BCUT2D eigenvalue weighted by Crippen LogP contribution is 2.31. The average Bonchev–Trinajstić information content (AvgIpc) is 2.75. The lowest BCUT2D eigenvalue weighted by Crippen LogP contribution is -2.35. The first-order chi connectivity index (χ1) is 9.26. The number of nitrogens with zero attached hydrogens (tertiary/aromatic N) is 1. The van der Waals surface area contributed by atoms with Crippen LogP contribution in [0.3, 0.4) is 0 Å². The zero-order chi connectivity index (χ0) is 14.9. The number of likely N-dealkylation sites (tertiary alicyclic amines) is 1. The van der Waals surface area contributed by atoms with Crippen molar-refractivity contribution in [1.29, 1.82) is 0 Å². The molecule has 1 saturated heterocycles. The lowest BCUT2D eigenvalue weighted by molar-refractivity contribution is 0.0292. The van der Waals surface area contributed by atoms with E-state index in [0.717, 1.165) is 25.2 Å². The standard InChI is InChI=1S/C16H24N2O2/c1-11-9-13(17)5-6-14(11)12-7-8-18(10-12)15(19)20-16(2,3)4/h5-6,9,12H,7-8,10,17H2,1-4H3. The van der Waals surface area contributed by atoms with E-state index in [4.69, 9.17) is 10.5 Å². The number of hydrogen-bond donors (Lipinski definition) is 1. The highest BCUT2D eigenvalue weighted by Gasteiger charge is 2.31. The van der Waals surface area contributed by atoms with Crippen molar-refractivity contribution in [1.82, 2.24) is 4.90 Å². The minimum atomic E-state index is -0.438. The Hall–Kier alpha value is -1.71. The molecule has 2 N–H and O–H groups in total. The van der Waals surface area contributed by atoms with Gasteiger partial charge in [-0.2, -0.15) is 0 Å². The second kappa shape index (κ2) is 5.35. The lowest BCUT2D eigenvalue weighted by atomic mass is 9.94. The first-order valence-electron chi connectivity index (χ1n) is 7.10. The number of aryl methyl sites for hydroxylation is 1. The molecule has 4 heteroatoms. The third-order valence-electron chi connectivity index (χ3n) is 3.57. The van der Waals surface area contributed by atoms with Crippen molar-refractivity contribution in [2.45, 2.75) is 45.6 Å². The third kappa shape index (κ3) is 3.44. The fraction of sp³-hybridized carbons (Fsp3) is 0.562. The normalized spacial score (nSPS) is 19.2. The second-order valence-electron chi connectivity index (χ2n) is 6.53. The molecule has 0 aromatic heterocycles. The predicted octanol–water partition coefficient (Wildman–Crippen LogP) is 3.30. The Balaban J connectivity index is 2.03. The molecule has 1 aromatic carbocycles. The van der Waals surface area contributed by atoms with Gasteiger partial charge in [-0.25, -0.2) is 4.79 Å². The van der Waals surface area contributed by atoms with Gasteiger partial charge in [-0.05, 0) is 57.4 Å². The Labute approximate surface area is 120 Å². The molecule has 1 aromatic rings. The molecule has 2 rings (SSSR count). The second-order valence-corrected chi connectivity index (χ2v) is 6.53. The summed E-state index contributed by atoms with van der Waals surface area (Å²) in [6.07, 6.45) is 0.761. The SMILES string of the molecule is Cc1cc(N)ccc1C1CCN(C(=O)OC(C)(C)C)C1. The van der Waals surface area contributed by atoms with E-state index < -0.39 is 5.60 Å². The molecule has 1 heterocycles. The molecule has 0 bridgehead atoms. The van der Waals surface area contributed by atoms with Gasteiger partial charge in [0.05, 0.1) is 0 Å². The molecule has 1 unspecified atom stereocenters. The zero-order valence-corrected chi connectivity index (χ0v) is 12.8. The fourth-order valence-electron chi connectivity index (χ4n) is 2.66. The Morgan fingerprint density at radius 3 is 2.70 bits per heavy atom. The van der Waals surface area contributed by atoms with Gasteiger partial charge in [0.25, 0.3) is 0 Å². The molecular weight excluding hydrogens is 252 g/mol. The summed E-state index contributed by atoms with van der Waals surface area (Å²) in [7, 11) is 0. The number of hydrogen-bond acceptors (Lipinski definition) is 3. The van der Waals surface area contributed by atoms with Crippen molar-refractivity contribution in [3.63, 3.8) is 0 Å². The van der Waals surface area contributed by atoms with Crippen LogP contribution >= 0.6 is 0 Å². The van der Waals surface area contributed by atoms with Crippen molar-refractivity contribution < 1.29 is 9.53 Å². The van der Waals surface area contributed by atoms with E-state index in [1.54, 1.807) is 4.90 Å². The Bertz CT molecular complexity index is 506. The Morgan fingerprint density at radius 2 is 2.10 bits per heavy atom. The quantitative estimate of drug-likeness (QED) is 0.801. The highest BCUT2D eigenvalue weighted by atomic mass is 16.6. The molecule has 110 valence electrons. The molecule has 1 aliphatic rings. The summed E-state index contributed by atoms with van der Waals surface area (Å²) in [5, 5.41) is 0. The van der Waals surface area contributed by atoms with E-state index in [0.29, 0.717) is 5.92 Å². The van der Waals surface area contributed by atoms with Gasteiger partial charge in [0.1, 0.15) is 5.60 Å². The number of carbonyl (C=O) groups is 1. The molecule has 0 radical (unpaired) electrons. The number of carbonyl (C=O) groups excluding carboxylic acids is 1. The molecule has 1 atom stereocenters. The van der Waals surface area contributed by atoms with E-state index in [2.05, 4.69) is 13.0 Å². The highest BCUT2D eigenvalue weighted by molar-refractivity contribution is 5.68. The van der Waals surface area contributed by atoms with E-state index >= 15 is 0 Å². The van der Waals surface area contributed by atoms with Crippen LogP contribution in [0.15, 0.2) is 18.2 Å². The fourth-order valence-corrected chi connectivity index (χ4v) is 2.66. The molecule has 1 amide bonds. The van der Waals surface area contributed by atoms with Crippen LogP contribution in [0, 0.1) is 6.92 Å². The molecule has 1 fully saturated rings. The molecular formula is C16H24N2O2. The summed E-state index contributed by atoms with van der Waals surface area (Å²) in [6, 6.07) is 6.00. The monoisotopic (exact) mass is 276 g/mol. The van der Waals surface area contributed by atoms with Gasteiger partial charge in [-0.3, -0.25) is 0 Å². The lowest BCUT2D eigenvalue weighted by Gasteiger charge is -2.24. The van der Waals surface area contributed by atoms with Gasteiger partial charge in [-0.15, -0.1) is 0 Å². The molecule has 0 spiro atoms. The molecule has 4 nitrogen and oxygen atoms in total. The van der Waals surface area contributed by atoms with Crippen LogP contribution in [-0.4, -0.2) is 29.7 Å². The van der Waals surface area contributed by atoms with E-state index in [1.807, 2.05) is 32.9 Å². The van der Waals surface area contributed by atoms with Gasteiger partial charge in [0.15, 0.2) is 0 Å². The smallest absolute Gasteiger partial charge is 0.410 e. The number of benzene rings is 1. The minimum Gasteiger partial charge on any atom is -0.444 e. The van der Waals surface area contributed by atoms with Crippen molar-refractivity contribution in [2.75, 3.05) is 18.8 Å². The number of anilines is 1. The van der Waals surface area contributed by atoms with Crippen LogP contribution in [-0.2, 0) is 4.74 Å². The molecule has 0 aliphatic carbocycles. The summed E-state index contributed by atoms with van der Waals surface area (Å²) in [4.78, 5) is 13.9. The summed E-state index contributed by atoms with van der Waals surface area (Å²) >= 11 is 0. The number of nitrogen functional groups attached to an aromatic ring is 1. The molecule has 20 heavy (non-hydrogen) atoms. The van der Waals surface area contributed by atoms with Crippen LogP contribution in [0.1, 0.15) is 44.2 Å². The summed E-state index contributed by atoms with van der Waals surface area (Å²) in [5.74, 6) is 0.378. The molecule has 1 aliphatic heterocycles. The minimum absolute atomic E-state index is 0.215. The van der Waals surface area contributed by atoms with Gasteiger partial charge in [0.2, 0.25) is 0 Å². The largest absolute Gasteiger partial charge is 0.444 e. The van der Waals surface area contributed by atoms with Crippen LogP contribution < -0.4 is 5.73 Å². The first kappa shape index (κ1) is 14.7. The first-order valence-corrected chi connectivity index (χ1v) is 7.10. The Kier molecular flexibility index (Phi) is 3.93. The van der Waals surface area contributed by atoms with Crippen LogP contribution in [0.5, 0.6) is 0 Å². The number of rotatable bonds is 1. The Morgan fingerprint density at radius 1 is 1.40 bits per heavy atom. The maximum absolute atomic E-state index is 12.1. The van der Waals surface area contributed by atoms with Crippen molar-refractivity contribution in [2.24, 2.45) is 0 Å². The van der Waals surface area contributed by atoms with E-state index in [1.165, 1.54) is 11.1 Å². The van der Waals surface area contributed by atoms with Crippen LogP contribution in [0.2, 0.25) is 0 Å². The van der Waals surface area contributed by atoms with Gasteiger partial charge in [0, 0.05) is 24.7 Å². The van der Waals surface area contributed by atoms with Gasteiger partial charge in [-0.1, -0.05) is 6.07 Å². The van der Waals surface area contributed by atoms with Crippen LogP contribution in [0.25, 0.3) is 0 Å². The number of ether oxygens (including phenoxy) is 1. The predicted molar refractivity (Wildman–Crippen MR) is 80.8 cm³/mol. The maximum Gasteiger partial charge on any atom is 0.410 e. The van der Waals surface area contributed by atoms with Gasteiger partial charge < -0.3 is 15.4 Å². The van der Waals surface area contributed by atoms with E-state index in [-0.39, 0.29) is 6.09 Å². The van der Waals surface area contributed by atoms with Crippen LogP contribution in [0.4, 0.5) is 10.5 Å². The van der Waals surface area contributed by atoms with E-state index in [9.17, 15) is 4.79 Å². The summed E-state index contributed by atoms with van der Waals surface area (Å²) in [6.45, 7) is 9.22. The van der Waals surface area contributed by atoms with Crippen molar-refractivity contribution in [3.8, 4) is 0 Å². The average molecular weight is 276 g/mol. The zero-order valence-electron chi connectivity index (χ0n) is 12.8. The van der Waals surface area contributed by atoms with Gasteiger partial charge >= 0.3 is 6.09 Å². The maximum atomic E-state index is 12.1. The number of amides is 1.